The number of rotatable bonds is 5. The van der Waals surface area contributed by atoms with Gasteiger partial charge in [0, 0.05) is 32.1 Å². The summed E-state index contributed by atoms with van der Waals surface area (Å²) in [6, 6.07) is 4.18. The van der Waals surface area contributed by atoms with Crippen molar-refractivity contribution in [3.63, 3.8) is 0 Å². The van der Waals surface area contributed by atoms with E-state index in [1.54, 1.807) is 0 Å². The summed E-state index contributed by atoms with van der Waals surface area (Å²) >= 11 is 5.73. The van der Waals surface area contributed by atoms with Crippen LogP contribution >= 0.6 is 11.6 Å². The maximum atomic E-state index is 12.2. The van der Waals surface area contributed by atoms with E-state index in [0.29, 0.717) is 5.02 Å². The van der Waals surface area contributed by atoms with Crippen molar-refractivity contribution in [1.29, 1.82) is 0 Å². The highest BCUT2D eigenvalue weighted by Gasteiger charge is 2.23. The Kier molecular flexibility index (Phi) is 5.16. The van der Waals surface area contributed by atoms with Crippen LogP contribution in [0.25, 0.3) is 0 Å². The number of benzene rings is 1. The van der Waals surface area contributed by atoms with Gasteiger partial charge in [-0.3, -0.25) is 4.79 Å². The lowest BCUT2D eigenvalue weighted by atomic mass is 10.3. The third-order valence-corrected chi connectivity index (χ3v) is 4.76. The first-order valence-corrected chi connectivity index (χ1v) is 7.32. The Balaban J connectivity index is 2.94. The van der Waals surface area contributed by atoms with Gasteiger partial charge in [-0.15, -0.1) is 0 Å². The van der Waals surface area contributed by atoms with E-state index in [1.165, 1.54) is 32.3 Å². The highest BCUT2D eigenvalue weighted by atomic mass is 35.5. The molecule has 0 saturated carbocycles. The van der Waals surface area contributed by atoms with Crippen LogP contribution in [0.1, 0.15) is 6.42 Å². The van der Waals surface area contributed by atoms with Crippen LogP contribution in [-0.4, -0.2) is 39.3 Å². The minimum absolute atomic E-state index is 0.0173. The number of carbonyl (C=O) groups excluding carboxylic acids is 1. The van der Waals surface area contributed by atoms with Gasteiger partial charge in [-0.1, -0.05) is 11.6 Å². The minimum atomic E-state index is -3.72. The van der Waals surface area contributed by atoms with Crippen molar-refractivity contribution in [3.8, 4) is 0 Å². The summed E-state index contributed by atoms with van der Waals surface area (Å²) in [5, 5.41) is 2.79. The summed E-state index contributed by atoms with van der Waals surface area (Å²) in [6.07, 6.45) is 0.0831. The molecule has 1 rings (SSSR count). The number of sulfonamides is 1. The molecule has 1 aromatic rings. The van der Waals surface area contributed by atoms with Crippen LogP contribution in [0.15, 0.2) is 23.1 Å². The monoisotopic (exact) mass is 305 g/mol. The highest BCUT2D eigenvalue weighted by Crippen LogP contribution is 2.24. The average molecular weight is 306 g/mol. The molecular weight excluding hydrogens is 290 g/mol. The predicted octanol–water partition coefficient (Wildman–Crippen LogP) is 0.679. The van der Waals surface area contributed by atoms with E-state index in [0.717, 1.165) is 4.31 Å². The van der Waals surface area contributed by atoms with Crippen LogP contribution < -0.4 is 11.1 Å². The number of halogens is 1. The molecule has 0 aliphatic carbocycles. The van der Waals surface area contributed by atoms with Crippen molar-refractivity contribution in [1.82, 2.24) is 9.62 Å². The number of hydrogen-bond donors (Lipinski definition) is 2. The van der Waals surface area contributed by atoms with E-state index in [9.17, 15) is 13.2 Å². The zero-order chi connectivity index (χ0) is 14.6. The van der Waals surface area contributed by atoms with Crippen molar-refractivity contribution in [2.45, 2.75) is 11.3 Å². The minimum Gasteiger partial charge on any atom is -0.398 e. The lowest BCUT2D eigenvalue weighted by molar-refractivity contribution is -0.120. The molecule has 3 N–H and O–H groups in total. The Morgan fingerprint density at radius 1 is 1.47 bits per heavy atom. The maximum Gasteiger partial charge on any atom is 0.244 e. The number of nitrogens with zero attached hydrogens (tertiary/aromatic N) is 1. The number of amides is 1. The fourth-order valence-corrected chi connectivity index (χ4v) is 2.87. The van der Waals surface area contributed by atoms with Crippen LogP contribution in [0.2, 0.25) is 5.02 Å². The van der Waals surface area contributed by atoms with Crippen molar-refractivity contribution in [2.24, 2.45) is 0 Å². The third-order valence-electron chi connectivity index (χ3n) is 2.59. The SMILES string of the molecule is CNC(=O)CCN(C)S(=O)(=O)c1ccc(Cl)cc1N. The van der Waals surface area contributed by atoms with Crippen molar-refractivity contribution in [2.75, 3.05) is 26.4 Å². The lowest BCUT2D eigenvalue weighted by Gasteiger charge is -2.18. The molecule has 0 bridgehead atoms. The molecule has 0 heterocycles. The van der Waals surface area contributed by atoms with E-state index < -0.39 is 10.0 Å². The second kappa shape index (κ2) is 6.23. The van der Waals surface area contributed by atoms with Gasteiger partial charge >= 0.3 is 0 Å². The summed E-state index contributed by atoms with van der Waals surface area (Å²) in [4.78, 5) is 11.1. The molecule has 6 nitrogen and oxygen atoms in total. The molecule has 0 radical (unpaired) electrons. The van der Waals surface area contributed by atoms with Gasteiger partial charge in [0.2, 0.25) is 15.9 Å². The molecule has 0 aliphatic rings. The Morgan fingerprint density at radius 3 is 2.63 bits per heavy atom. The predicted molar refractivity (Wildman–Crippen MR) is 74.4 cm³/mol. The first-order valence-electron chi connectivity index (χ1n) is 5.51. The first-order chi connectivity index (χ1) is 8.78. The van der Waals surface area contributed by atoms with Gasteiger partial charge in [0.15, 0.2) is 0 Å². The topological polar surface area (TPSA) is 92.5 Å². The molecule has 106 valence electrons. The second-order valence-electron chi connectivity index (χ2n) is 3.93. The fourth-order valence-electron chi connectivity index (χ4n) is 1.43. The molecule has 0 saturated heterocycles. The van der Waals surface area contributed by atoms with Crippen LogP contribution in [0, 0.1) is 0 Å². The Morgan fingerprint density at radius 2 is 2.11 bits per heavy atom. The molecule has 0 unspecified atom stereocenters. The van der Waals surface area contributed by atoms with Gasteiger partial charge < -0.3 is 11.1 Å². The molecule has 8 heteroatoms. The summed E-state index contributed by atoms with van der Waals surface area (Å²) in [7, 11) is -0.831. The quantitative estimate of drug-likeness (QED) is 0.782. The highest BCUT2D eigenvalue weighted by molar-refractivity contribution is 7.89. The Labute approximate surface area is 117 Å². The Hall–Kier alpha value is -1.31. The van der Waals surface area contributed by atoms with Crippen molar-refractivity contribution >= 4 is 33.2 Å². The van der Waals surface area contributed by atoms with E-state index in [-0.39, 0.29) is 29.5 Å². The molecular formula is C11H16ClN3O3S. The van der Waals surface area contributed by atoms with Gasteiger partial charge in [-0.25, -0.2) is 12.7 Å². The number of nitrogens with one attached hydrogen (secondary N) is 1. The van der Waals surface area contributed by atoms with E-state index in [2.05, 4.69) is 5.32 Å². The molecule has 19 heavy (non-hydrogen) atoms. The fraction of sp³-hybridized carbons (Fsp3) is 0.364. The van der Waals surface area contributed by atoms with E-state index in [4.69, 9.17) is 17.3 Å². The molecule has 0 spiro atoms. The standard InChI is InChI=1S/C11H16ClN3O3S/c1-14-11(16)5-6-15(2)19(17,18)10-4-3-8(12)7-9(10)13/h3-4,7H,5-6,13H2,1-2H3,(H,14,16). The van der Waals surface area contributed by atoms with Gasteiger partial charge in [0.25, 0.3) is 0 Å². The number of carbonyl (C=O) groups is 1. The van der Waals surface area contributed by atoms with Crippen LogP contribution in [0.4, 0.5) is 5.69 Å². The van der Waals surface area contributed by atoms with Gasteiger partial charge in [0.05, 0.1) is 5.69 Å². The lowest BCUT2D eigenvalue weighted by Crippen LogP contribution is -2.31. The summed E-state index contributed by atoms with van der Waals surface area (Å²) in [5.74, 6) is -0.230. The van der Waals surface area contributed by atoms with Crippen molar-refractivity contribution < 1.29 is 13.2 Å². The van der Waals surface area contributed by atoms with Crippen LogP contribution in [-0.2, 0) is 14.8 Å². The molecule has 0 aliphatic heterocycles. The van der Waals surface area contributed by atoms with Crippen LogP contribution in [0.5, 0.6) is 0 Å². The smallest absolute Gasteiger partial charge is 0.244 e. The number of hydrogen-bond acceptors (Lipinski definition) is 4. The average Bonchev–Trinajstić information content (AvgIpc) is 2.34. The van der Waals surface area contributed by atoms with E-state index >= 15 is 0 Å². The molecule has 0 aromatic heterocycles. The zero-order valence-corrected chi connectivity index (χ0v) is 12.3. The summed E-state index contributed by atoms with van der Waals surface area (Å²) in [6.45, 7) is 0.0735. The summed E-state index contributed by atoms with van der Waals surface area (Å²) in [5.41, 5.74) is 5.74. The number of nitrogens with two attached hydrogens (primary N) is 1. The van der Waals surface area contributed by atoms with E-state index in [1.807, 2.05) is 0 Å². The third kappa shape index (κ3) is 3.82. The van der Waals surface area contributed by atoms with Gasteiger partial charge in [0.1, 0.15) is 4.90 Å². The summed E-state index contributed by atoms with van der Waals surface area (Å²) < 4.78 is 25.6. The molecule has 1 aromatic carbocycles. The Bertz CT molecular complexity index is 575. The van der Waals surface area contributed by atoms with Crippen LogP contribution in [0.3, 0.4) is 0 Å². The number of anilines is 1. The molecule has 0 fully saturated rings. The van der Waals surface area contributed by atoms with Crippen molar-refractivity contribution in [3.05, 3.63) is 23.2 Å². The van der Waals surface area contributed by atoms with Gasteiger partial charge in [-0.05, 0) is 18.2 Å². The molecule has 0 atom stereocenters. The zero-order valence-electron chi connectivity index (χ0n) is 10.7. The maximum absolute atomic E-state index is 12.2. The molecule has 1 amide bonds. The second-order valence-corrected chi connectivity index (χ2v) is 6.38. The number of nitrogen functional groups attached to an aromatic ring is 1. The first kappa shape index (κ1) is 15.7. The van der Waals surface area contributed by atoms with Gasteiger partial charge in [-0.2, -0.15) is 0 Å². The largest absolute Gasteiger partial charge is 0.398 e. The normalized spacial score (nSPS) is 11.6.